The largest absolute Gasteiger partial charge is 0.466 e. The Labute approximate surface area is 108 Å². The molecule has 0 saturated heterocycles. The minimum Gasteiger partial charge on any atom is -0.466 e. The second-order valence-corrected chi connectivity index (χ2v) is 5.89. The van der Waals surface area contributed by atoms with E-state index in [0.717, 1.165) is 6.42 Å². The number of ether oxygens (including phenoxy) is 1. The lowest BCUT2D eigenvalue weighted by Gasteiger charge is -2.05. The highest BCUT2D eigenvalue weighted by atomic mass is 79.9. The first-order valence-corrected chi connectivity index (χ1v) is 7.38. The van der Waals surface area contributed by atoms with Crippen molar-refractivity contribution in [3.8, 4) is 0 Å². The number of rotatable bonds is 10. The molecule has 1 atom stereocenters. The van der Waals surface area contributed by atoms with E-state index >= 15 is 0 Å². The average Bonchev–Trinajstić information content (AvgIpc) is 2.21. The van der Waals surface area contributed by atoms with Crippen LogP contribution in [-0.2, 0) is 9.53 Å². The number of esters is 1. The monoisotopic (exact) mass is 292 g/mol. The molecule has 0 heterocycles. The third-order valence-corrected chi connectivity index (χ3v) is 2.78. The van der Waals surface area contributed by atoms with Gasteiger partial charge in [0.1, 0.15) is 0 Å². The van der Waals surface area contributed by atoms with Crippen LogP contribution in [0.15, 0.2) is 0 Å². The van der Waals surface area contributed by atoms with Gasteiger partial charge in [0.2, 0.25) is 0 Å². The molecule has 0 saturated carbocycles. The maximum absolute atomic E-state index is 11.2. The second-order valence-electron chi connectivity index (χ2n) is 4.33. The van der Waals surface area contributed by atoms with Crippen LogP contribution in [0.4, 0.5) is 0 Å². The van der Waals surface area contributed by atoms with Gasteiger partial charge in [-0.3, -0.25) is 4.79 Å². The first kappa shape index (κ1) is 16.0. The van der Waals surface area contributed by atoms with Crippen LogP contribution in [0.2, 0.25) is 0 Å². The topological polar surface area (TPSA) is 26.3 Å². The Kier molecular flexibility index (Phi) is 11.4. The van der Waals surface area contributed by atoms with E-state index in [2.05, 4.69) is 22.9 Å². The zero-order valence-corrected chi connectivity index (χ0v) is 12.2. The smallest absolute Gasteiger partial charge is 0.306 e. The fourth-order valence-corrected chi connectivity index (χ4v) is 1.80. The van der Waals surface area contributed by atoms with Crippen LogP contribution in [0.3, 0.4) is 0 Å². The molecule has 0 aliphatic carbocycles. The number of hydrogen-bond donors (Lipinski definition) is 0. The third-order valence-electron chi connectivity index (χ3n) is 2.46. The molecule has 0 fully saturated rings. The number of halogens is 1. The van der Waals surface area contributed by atoms with Gasteiger partial charge < -0.3 is 4.74 Å². The Bertz CT molecular complexity index is 169. The maximum Gasteiger partial charge on any atom is 0.306 e. The summed E-state index contributed by atoms with van der Waals surface area (Å²) in [4.78, 5) is 11.4. The maximum atomic E-state index is 11.2. The Balaban J connectivity index is 3.11. The quantitative estimate of drug-likeness (QED) is 0.338. The first-order chi connectivity index (χ1) is 7.66. The van der Waals surface area contributed by atoms with E-state index in [1.54, 1.807) is 0 Å². The van der Waals surface area contributed by atoms with Gasteiger partial charge in [-0.2, -0.15) is 0 Å². The molecule has 16 heavy (non-hydrogen) atoms. The van der Waals surface area contributed by atoms with Gasteiger partial charge in [-0.15, -0.1) is 0 Å². The molecule has 1 unspecified atom stereocenters. The van der Waals surface area contributed by atoms with Crippen molar-refractivity contribution >= 4 is 21.9 Å². The summed E-state index contributed by atoms with van der Waals surface area (Å²) < 4.78 is 5.11. The molecule has 0 aliphatic rings. The fourth-order valence-electron chi connectivity index (χ4n) is 1.53. The van der Waals surface area contributed by atoms with E-state index in [4.69, 9.17) is 4.74 Å². The van der Waals surface area contributed by atoms with Gasteiger partial charge in [-0.05, 0) is 6.42 Å². The van der Waals surface area contributed by atoms with E-state index in [1.807, 2.05) is 6.92 Å². The van der Waals surface area contributed by atoms with Gasteiger partial charge in [-0.1, -0.05) is 68.3 Å². The van der Waals surface area contributed by atoms with Crippen molar-refractivity contribution in [3.05, 3.63) is 0 Å². The predicted octanol–water partition coefficient (Wildman–Crippen LogP) is 4.45. The molecule has 0 rings (SSSR count). The van der Waals surface area contributed by atoms with Crippen molar-refractivity contribution in [2.45, 2.75) is 70.0 Å². The van der Waals surface area contributed by atoms with Crippen LogP contribution in [0.25, 0.3) is 0 Å². The Morgan fingerprint density at radius 3 is 2.25 bits per heavy atom. The van der Waals surface area contributed by atoms with Gasteiger partial charge in [0.25, 0.3) is 0 Å². The van der Waals surface area contributed by atoms with Gasteiger partial charge in [0, 0.05) is 4.83 Å². The molecule has 0 amide bonds. The van der Waals surface area contributed by atoms with Crippen molar-refractivity contribution in [1.29, 1.82) is 0 Å². The third kappa shape index (κ3) is 12.0. The summed E-state index contributed by atoms with van der Waals surface area (Å²) in [5.74, 6) is -0.0876. The summed E-state index contributed by atoms with van der Waals surface area (Å²) in [6, 6.07) is 0. The number of unbranched alkanes of at least 4 members (excludes halogenated alkanes) is 6. The van der Waals surface area contributed by atoms with E-state index in [-0.39, 0.29) is 10.8 Å². The predicted molar refractivity (Wildman–Crippen MR) is 72.0 cm³/mol. The number of carbonyl (C=O) groups excluding carboxylic acids is 1. The van der Waals surface area contributed by atoms with Crippen LogP contribution in [0.1, 0.15) is 65.2 Å². The standard InChI is InChI=1S/C13H25BrO2/c1-3-4-5-6-7-8-9-10-16-13(15)11-12(2)14/h12H,3-11H2,1-2H3. The molecule has 0 spiro atoms. The van der Waals surface area contributed by atoms with Gasteiger partial charge in [0.05, 0.1) is 13.0 Å². The molecule has 0 bridgehead atoms. The molecule has 0 aromatic rings. The van der Waals surface area contributed by atoms with Gasteiger partial charge in [-0.25, -0.2) is 0 Å². The highest BCUT2D eigenvalue weighted by molar-refractivity contribution is 9.09. The summed E-state index contributed by atoms with van der Waals surface area (Å²) in [6.07, 6.45) is 9.23. The number of alkyl halides is 1. The van der Waals surface area contributed by atoms with Crippen LogP contribution in [-0.4, -0.2) is 17.4 Å². The van der Waals surface area contributed by atoms with E-state index in [9.17, 15) is 4.79 Å². The van der Waals surface area contributed by atoms with E-state index in [0.29, 0.717) is 13.0 Å². The van der Waals surface area contributed by atoms with Crippen molar-refractivity contribution < 1.29 is 9.53 Å². The van der Waals surface area contributed by atoms with Crippen molar-refractivity contribution in [2.75, 3.05) is 6.61 Å². The van der Waals surface area contributed by atoms with Crippen LogP contribution in [0, 0.1) is 0 Å². The molecule has 0 radical (unpaired) electrons. The van der Waals surface area contributed by atoms with Gasteiger partial charge >= 0.3 is 5.97 Å². The molecule has 96 valence electrons. The van der Waals surface area contributed by atoms with Crippen LogP contribution < -0.4 is 0 Å². The first-order valence-electron chi connectivity index (χ1n) is 6.46. The summed E-state index contributed by atoms with van der Waals surface area (Å²) >= 11 is 3.33. The highest BCUT2D eigenvalue weighted by Crippen LogP contribution is 2.08. The zero-order valence-electron chi connectivity index (χ0n) is 10.6. The lowest BCUT2D eigenvalue weighted by Crippen LogP contribution is -2.09. The minimum absolute atomic E-state index is 0.0876. The molecule has 0 aromatic carbocycles. The minimum atomic E-state index is -0.0876. The number of hydrogen-bond acceptors (Lipinski definition) is 2. The van der Waals surface area contributed by atoms with Gasteiger partial charge in [0.15, 0.2) is 0 Å². The average molecular weight is 293 g/mol. The molecule has 0 aliphatic heterocycles. The molecule has 0 aromatic heterocycles. The van der Waals surface area contributed by atoms with E-state index in [1.165, 1.54) is 38.5 Å². The van der Waals surface area contributed by atoms with Crippen LogP contribution >= 0.6 is 15.9 Å². The number of carbonyl (C=O) groups is 1. The van der Waals surface area contributed by atoms with Crippen molar-refractivity contribution in [1.82, 2.24) is 0 Å². The SMILES string of the molecule is CCCCCCCCCOC(=O)CC(C)Br. The molecule has 0 N–H and O–H groups in total. The summed E-state index contributed by atoms with van der Waals surface area (Å²) in [7, 11) is 0. The summed E-state index contributed by atoms with van der Waals surface area (Å²) in [5, 5.41) is 0. The molecule has 2 nitrogen and oxygen atoms in total. The molecule has 3 heteroatoms. The Morgan fingerprint density at radius 1 is 1.12 bits per heavy atom. The normalized spacial score (nSPS) is 12.4. The lowest BCUT2D eigenvalue weighted by atomic mass is 10.1. The second kappa shape index (κ2) is 11.4. The van der Waals surface area contributed by atoms with Crippen molar-refractivity contribution in [2.24, 2.45) is 0 Å². The Morgan fingerprint density at radius 2 is 1.69 bits per heavy atom. The lowest BCUT2D eigenvalue weighted by molar-refractivity contribution is -0.143. The Hall–Kier alpha value is -0.0500. The van der Waals surface area contributed by atoms with Crippen molar-refractivity contribution in [3.63, 3.8) is 0 Å². The fraction of sp³-hybridized carbons (Fsp3) is 0.923. The summed E-state index contributed by atoms with van der Waals surface area (Å²) in [6.45, 7) is 4.77. The van der Waals surface area contributed by atoms with Crippen LogP contribution in [0.5, 0.6) is 0 Å². The molecular formula is C13H25BrO2. The highest BCUT2D eigenvalue weighted by Gasteiger charge is 2.06. The zero-order chi connectivity index (χ0) is 12.2. The summed E-state index contributed by atoms with van der Waals surface area (Å²) in [5.41, 5.74) is 0. The molecular weight excluding hydrogens is 268 g/mol. The van der Waals surface area contributed by atoms with E-state index < -0.39 is 0 Å².